The maximum absolute atomic E-state index is 15.4. The maximum Gasteiger partial charge on any atom is 0.864 e. The third-order valence-electron chi connectivity index (χ3n) is 7.60. The van der Waals surface area contributed by atoms with Gasteiger partial charge in [-0.3, -0.25) is 8.78 Å². The van der Waals surface area contributed by atoms with E-state index >= 15 is 4.39 Å². The molecule has 0 saturated carbocycles. The van der Waals surface area contributed by atoms with Crippen molar-refractivity contribution in [2.45, 2.75) is 26.8 Å². The summed E-state index contributed by atoms with van der Waals surface area (Å²) in [6, 6.07) is 4.37. The van der Waals surface area contributed by atoms with Crippen molar-refractivity contribution >= 4 is 7.32 Å². The third kappa shape index (κ3) is 8.67. The van der Waals surface area contributed by atoms with Crippen LogP contribution in [-0.2, 0) is 0 Å². The van der Waals surface area contributed by atoms with Crippen LogP contribution in [0.3, 0.4) is 0 Å². The van der Waals surface area contributed by atoms with E-state index in [0.717, 1.165) is 12.1 Å². The fourth-order valence-electron chi connectivity index (χ4n) is 4.86. The second-order valence-corrected chi connectivity index (χ2v) is 10.3. The van der Waals surface area contributed by atoms with E-state index in [2.05, 4.69) is 12.6 Å². The van der Waals surface area contributed by atoms with Gasteiger partial charge in [0.1, 0.15) is 23.3 Å². The van der Waals surface area contributed by atoms with Crippen LogP contribution in [0.5, 0.6) is 17.2 Å². The predicted molar refractivity (Wildman–Crippen MR) is 157 cm³/mol. The Balaban J connectivity index is 0.000000650. The molecule has 0 bridgehead atoms. The number of hydrogen-bond acceptors (Lipinski definition) is 3. The SMILES string of the molecule is C=CC(c1c(OB(Oc2cc(F)c(F)c(F)c2)Oc2cc(F)c(F)c(F)c2)cc(F)c(F)c1F)[N+](CC)(CC)CC.Fc1c[c-]cc(F)c1F. The zero-order valence-electron chi connectivity index (χ0n) is 26.3. The molecule has 1 atom stereocenters. The Kier molecular flexibility index (Phi) is 13.3. The minimum absolute atomic E-state index is 0.0804. The lowest BCUT2D eigenvalue weighted by atomic mass is 9.98. The minimum atomic E-state index is -2.36. The van der Waals surface area contributed by atoms with Crippen LogP contribution in [0.25, 0.3) is 0 Å². The first-order chi connectivity index (χ1) is 23.5. The van der Waals surface area contributed by atoms with E-state index in [1.165, 1.54) is 6.08 Å². The number of quaternary nitrogens is 1. The van der Waals surface area contributed by atoms with Gasteiger partial charge in [0.15, 0.2) is 52.4 Å². The lowest BCUT2D eigenvalue weighted by molar-refractivity contribution is -0.946. The van der Waals surface area contributed by atoms with Gasteiger partial charge in [0.2, 0.25) is 0 Å². The summed E-state index contributed by atoms with van der Waals surface area (Å²) in [7, 11) is -2.36. The van der Waals surface area contributed by atoms with Crippen molar-refractivity contribution in [2.75, 3.05) is 19.6 Å². The molecule has 268 valence electrons. The van der Waals surface area contributed by atoms with Gasteiger partial charge in [-0.25, -0.2) is 43.9 Å². The van der Waals surface area contributed by atoms with E-state index in [1.54, 1.807) is 20.8 Å². The van der Waals surface area contributed by atoms with E-state index in [9.17, 15) is 48.3 Å². The van der Waals surface area contributed by atoms with Gasteiger partial charge in [0, 0.05) is 42.0 Å². The Morgan fingerprint density at radius 1 is 0.580 bits per heavy atom. The average Bonchev–Trinajstić information content (AvgIpc) is 3.07. The standard InChI is InChI=1S/C27H24BF9NO3.C6H2F3/c1-5-21(38(6-2,7-3)8-4)23-22(13-20(33)26(36)27(23)37)41-28(39-14-9-16(29)24(34)17(30)10-14)40-15-11-18(31)25(35)19(32)12-15;7-4-2-1-3-5(8)6(4)9/h5,9-13,21H,1,6-8H2,2-4H3;2-3H/q+1;-1. The quantitative estimate of drug-likeness (QED) is 0.0364. The highest BCUT2D eigenvalue weighted by Gasteiger charge is 2.41. The molecule has 1 unspecified atom stereocenters. The number of nitrogens with zero attached hydrogens (tertiary/aromatic N) is 1. The van der Waals surface area contributed by atoms with Gasteiger partial charge in [-0.1, -0.05) is 6.58 Å². The largest absolute Gasteiger partial charge is 0.864 e. The molecule has 0 N–H and O–H groups in total. The van der Waals surface area contributed by atoms with E-state index < -0.39 is 106 Å². The van der Waals surface area contributed by atoms with Gasteiger partial charge in [0.25, 0.3) is 0 Å². The zero-order valence-corrected chi connectivity index (χ0v) is 26.3. The summed E-state index contributed by atoms with van der Waals surface area (Å²) >= 11 is 0. The number of benzene rings is 4. The summed E-state index contributed by atoms with van der Waals surface area (Å²) in [5, 5.41) is 0. The molecule has 4 rings (SSSR count). The summed E-state index contributed by atoms with van der Waals surface area (Å²) < 4.78 is 178. The van der Waals surface area contributed by atoms with Crippen LogP contribution in [0.1, 0.15) is 32.4 Å². The Bertz CT molecular complexity index is 1710. The maximum atomic E-state index is 15.4. The Morgan fingerprint density at radius 2 is 0.960 bits per heavy atom. The Labute approximate surface area is 278 Å². The van der Waals surface area contributed by atoms with Gasteiger partial charge in [-0.15, -0.1) is 12.1 Å². The fourth-order valence-corrected chi connectivity index (χ4v) is 4.86. The van der Waals surface area contributed by atoms with Crippen molar-refractivity contribution in [3.05, 3.63) is 137 Å². The number of halogens is 12. The van der Waals surface area contributed by atoms with Crippen LogP contribution >= 0.6 is 0 Å². The highest BCUT2D eigenvalue weighted by molar-refractivity contribution is 6.39. The highest BCUT2D eigenvalue weighted by Crippen LogP contribution is 2.39. The Morgan fingerprint density at radius 3 is 1.32 bits per heavy atom. The molecule has 0 amide bonds. The van der Waals surface area contributed by atoms with Crippen LogP contribution < -0.4 is 14.0 Å². The van der Waals surface area contributed by atoms with Gasteiger partial charge in [-0.2, -0.15) is 6.07 Å². The molecule has 0 saturated heterocycles. The van der Waals surface area contributed by atoms with Crippen molar-refractivity contribution in [1.82, 2.24) is 0 Å². The van der Waals surface area contributed by atoms with Crippen molar-refractivity contribution in [3.8, 4) is 17.2 Å². The molecule has 0 aliphatic carbocycles. The molecule has 17 heteroatoms. The van der Waals surface area contributed by atoms with E-state index in [0.29, 0.717) is 50.0 Å². The van der Waals surface area contributed by atoms with Gasteiger partial charge in [0.05, 0.1) is 31.0 Å². The number of hydrogen-bond donors (Lipinski definition) is 0. The molecule has 0 fully saturated rings. The van der Waals surface area contributed by atoms with Crippen molar-refractivity contribution in [3.63, 3.8) is 0 Å². The molecule has 0 spiro atoms. The predicted octanol–water partition coefficient (Wildman–Crippen LogP) is 9.47. The molecule has 0 aliphatic rings. The lowest BCUT2D eigenvalue weighted by Gasteiger charge is -2.42. The monoisotopic (exact) mass is 723 g/mol. The second kappa shape index (κ2) is 16.7. The van der Waals surface area contributed by atoms with E-state index in [-0.39, 0.29) is 4.48 Å². The molecular formula is C33H26BF12NO3. The zero-order chi connectivity index (χ0) is 37.5. The highest BCUT2D eigenvalue weighted by atomic mass is 19.2. The van der Waals surface area contributed by atoms with Crippen molar-refractivity contribution in [2.24, 2.45) is 0 Å². The van der Waals surface area contributed by atoms with Crippen LogP contribution in [0.4, 0.5) is 52.7 Å². The van der Waals surface area contributed by atoms with Crippen LogP contribution in [0.15, 0.2) is 55.1 Å². The topological polar surface area (TPSA) is 27.7 Å². The molecule has 0 radical (unpaired) electrons. The fraction of sp³-hybridized carbons (Fsp3) is 0.212. The molecule has 0 aromatic heterocycles. The summed E-state index contributed by atoms with van der Waals surface area (Å²) in [6.07, 6.45) is 1.28. The molecule has 4 aromatic carbocycles. The van der Waals surface area contributed by atoms with Crippen molar-refractivity contribution < 1.29 is 71.1 Å². The van der Waals surface area contributed by atoms with Gasteiger partial charge >= 0.3 is 7.32 Å². The number of likely N-dealkylation sites (N-methyl/N-ethyl adjacent to an activating group) is 1. The average molecular weight is 723 g/mol. The molecule has 0 heterocycles. The van der Waals surface area contributed by atoms with Gasteiger partial charge < -0.3 is 18.4 Å². The van der Waals surface area contributed by atoms with Crippen molar-refractivity contribution in [1.29, 1.82) is 0 Å². The molecule has 0 aliphatic heterocycles. The first-order valence-electron chi connectivity index (χ1n) is 14.5. The summed E-state index contributed by atoms with van der Waals surface area (Å²) in [5.41, 5.74) is -0.547. The van der Waals surface area contributed by atoms with E-state index in [4.69, 9.17) is 14.0 Å². The number of rotatable bonds is 12. The molecule has 4 nitrogen and oxygen atoms in total. The summed E-state index contributed by atoms with van der Waals surface area (Å²) in [5.74, 6) is -21.9. The second-order valence-electron chi connectivity index (χ2n) is 10.3. The first kappa shape index (κ1) is 39.6. The van der Waals surface area contributed by atoms with Gasteiger partial charge in [-0.05, 0) is 26.8 Å². The molecule has 50 heavy (non-hydrogen) atoms. The third-order valence-corrected chi connectivity index (χ3v) is 7.60. The van der Waals surface area contributed by atoms with Crippen LogP contribution in [-0.4, -0.2) is 31.4 Å². The summed E-state index contributed by atoms with van der Waals surface area (Å²) in [6.45, 7) is 10.1. The Hall–Kier alpha value is -4.80. The molecule has 4 aromatic rings. The smallest absolute Gasteiger partial charge is 0.489 e. The van der Waals surface area contributed by atoms with Crippen LogP contribution in [0.2, 0.25) is 0 Å². The first-order valence-corrected chi connectivity index (χ1v) is 14.5. The molecular weight excluding hydrogens is 697 g/mol. The summed E-state index contributed by atoms with van der Waals surface area (Å²) in [4.78, 5) is 0. The van der Waals surface area contributed by atoms with Crippen LogP contribution in [0, 0.1) is 75.9 Å². The normalized spacial score (nSPS) is 11.7. The lowest BCUT2D eigenvalue weighted by Crippen LogP contribution is -2.50. The van der Waals surface area contributed by atoms with E-state index in [1.807, 2.05) is 0 Å². The minimum Gasteiger partial charge on any atom is -0.489 e.